The Morgan fingerprint density at radius 3 is 1.89 bits per heavy atom. The third kappa shape index (κ3) is 13.3. The number of ketones is 2. The molecule has 1 saturated carbocycles. The Bertz CT molecular complexity index is 2400. The first-order valence-corrected chi connectivity index (χ1v) is 22.5. The van der Waals surface area contributed by atoms with Crippen molar-refractivity contribution in [1.82, 2.24) is 9.97 Å². The minimum atomic E-state index is -0.0576. The van der Waals surface area contributed by atoms with Crippen LogP contribution in [0.4, 0.5) is 0 Å². The number of phenols is 1. The summed E-state index contributed by atoms with van der Waals surface area (Å²) in [5.41, 5.74) is 8.30. The number of aromatic nitrogens is 2. The van der Waals surface area contributed by atoms with Gasteiger partial charge in [-0.1, -0.05) is 88.1 Å². The summed E-state index contributed by atoms with van der Waals surface area (Å²) in [5, 5.41) is 10.5. The number of benzene rings is 4. The van der Waals surface area contributed by atoms with Crippen LogP contribution in [0.25, 0.3) is 0 Å². The van der Waals surface area contributed by atoms with Crippen LogP contribution in [0.1, 0.15) is 112 Å². The summed E-state index contributed by atoms with van der Waals surface area (Å²) >= 11 is 1.80. The van der Waals surface area contributed by atoms with Crippen molar-refractivity contribution in [2.75, 3.05) is 0 Å². The highest BCUT2D eigenvalue weighted by atomic mass is 32.2. The summed E-state index contributed by atoms with van der Waals surface area (Å²) in [4.78, 5) is 34.6. The lowest BCUT2D eigenvalue weighted by molar-refractivity contribution is 0.0954. The van der Waals surface area contributed by atoms with Crippen LogP contribution in [0.5, 0.6) is 23.1 Å². The SMILES string of the molecule is Cc1c(OCc2cccc(COc3ccccn3)c2)ccc(C(=O)CC(C)C)c1O.Cc1c(OCc2cccc(CSc3ccncc3)c2)ccc(C(=O)CC2CCCC2)c1C. The zero-order valence-corrected chi connectivity index (χ0v) is 37.4. The van der Waals surface area contributed by atoms with E-state index in [0.717, 1.165) is 44.9 Å². The topological polar surface area (TPSA) is 108 Å². The second-order valence-electron chi connectivity index (χ2n) is 16.4. The van der Waals surface area contributed by atoms with Crippen molar-refractivity contribution in [3.8, 4) is 23.1 Å². The van der Waals surface area contributed by atoms with Gasteiger partial charge in [0, 0.05) is 59.3 Å². The molecule has 0 bridgehead atoms. The predicted octanol–water partition coefficient (Wildman–Crippen LogP) is 12.8. The molecule has 0 saturated heterocycles. The number of nitrogens with zero attached hydrogens (tertiary/aromatic N) is 2. The van der Waals surface area contributed by atoms with Gasteiger partial charge in [-0.25, -0.2) is 4.98 Å². The molecule has 0 radical (unpaired) electrons. The molecule has 1 fully saturated rings. The Morgan fingerprint density at radius 1 is 0.661 bits per heavy atom. The van der Waals surface area contributed by atoms with Crippen LogP contribution in [0, 0.1) is 32.6 Å². The fourth-order valence-corrected chi connectivity index (χ4v) is 8.34. The normalized spacial score (nSPS) is 12.4. The Kier molecular flexibility index (Phi) is 16.8. The largest absolute Gasteiger partial charge is 0.507 e. The lowest BCUT2D eigenvalue weighted by Crippen LogP contribution is -2.09. The van der Waals surface area contributed by atoms with Gasteiger partial charge in [0.15, 0.2) is 11.6 Å². The first-order valence-electron chi connectivity index (χ1n) is 21.5. The highest BCUT2D eigenvalue weighted by Crippen LogP contribution is 2.34. The zero-order chi connectivity index (χ0) is 43.8. The molecule has 9 heteroatoms. The Balaban J connectivity index is 0.000000207. The summed E-state index contributed by atoms with van der Waals surface area (Å²) in [6.45, 7) is 11.1. The molecule has 1 N–H and O–H groups in total. The summed E-state index contributed by atoms with van der Waals surface area (Å²) < 4.78 is 17.8. The van der Waals surface area contributed by atoms with Gasteiger partial charge in [-0.2, -0.15) is 0 Å². The van der Waals surface area contributed by atoms with E-state index in [4.69, 9.17) is 14.2 Å². The van der Waals surface area contributed by atoms with E-state index in [1.165, 1.54) is 36.1 Å². The third-order valence-corrected chi connectivity index (χ3v) is 12.2. The van der Waals surface area contributed by atoms with Crippen LogP contribution in [-0.2, 0) is 25.6 Å². The molecule has 322 valence electrons. The highest BCUT2D eigenvalue weighted by Gasteiger charge is 2.22. The smallest absolute Gasteiger partial charge is 0.213 e. The van der Waals surface area contributed by atoms with Crippen molar-refractivity contribution in [2.45, 2.75) is 104 Å². The average molecular weight is 851 g/mol. The quantitative estimate of drug-likeness (QED) is 0.0668. The number of hydrogen-bond acceptors (Lipinski definition) is 9. The number of rotatable bonds is 18. The maximum absolute atomic E-state index is 12.8. The monoisotopic (exact) mass is 850 g/mol. The van der Waals surface area contributed by atoms with Crippen LogP contribution in [0.3, 0.4) is 0 Å². The van der Waals surface area contributed by atoms with E-state index < -0.39 is 0 Å². The first kappa shape index (κ1) is 45.6. The molecule has 0 atom stereocenters. The number of carbonyl (C=O) groups excluding carboxylic acids is 2. The standard InChI is InChI=1S/C28H31NO2S.C25H27NO4/c1-20-21(2)28(11-10-26(20)27(30)17-22-6-3-4-7-22)31-18-23-8-5-9-24(16-23)19-32-25-12-14-29-15-13-25;1-17(2)13-22(27)21-10-11-23(18(3)25(21)28)29-15-19-7-6-8-20(14-19)16-30-24-9-4-5-12-26-24/h5,8-16,22H,3-4,6-7,17-19H2,1-2H3;4-12,14,17,28H,13,15-16H2,1-3H3. The van der Waals surface area contributed by atoms with Gasteiger partial charge < -0.3 is 19.3 Å². The van der Waals surface area contributed by atoms with Crippen molar-refractivity contribution in [1.29, 1.82) is 0 Å². The van der Waals surface area contributed by atoms with Gasteiger partial charge in [-0.3, -0.25) is 14.6 Å². The minimum absolute atomic E-state index is 0.00402. The van der Waals surface area contributed by atoms with Crippen LogP contribution >= 0.6 is 11.8 Å². The van der Waals surface area contributed by atoms with Gasteiger partial charge in [-0.05, 0) is 115 Å². The summed E-state index contributed by atoms with van der Waals surface area (Å²) in [6, 6.07) is 33.4. The van der Waals surface area contributed by atoms with E-state index in [1.807, 2.05) is 99.9 Å². The predicted molar refractivity (Wildman–Crippen MR) is 247 cm³/mol. The number of thioether (sulfide) groups is 1. The van der Waals surface area contributed by atoms with E-state index in [2.05, 4.69) is 41.2 Å². The van der Waals surface area contributed by atoms with Gasteiger partial charge in [0.05, 0.1) is 5.56 Å². The van der Waals surface area contributed by atoms with Gasteiger partial charge in [0.1, 0.15) is 37.1 Å². The molecular formula is C53H58N2O6S. The molecule has 8 nitrogen and oxygen atoms in total. The molecule has 0 amide bonds. The van der Waals surface area contributed by atoms with E-state index in [1.54, 1.807) is 37.0 Å². The van der Waals surface area contributed by atoms with E-state index in [-0.39, 0.29) is 23.2 Å². The summed E-state index contributed by atoms with van der Waals surface area (Å²) in [5.74, 6) is 3.94. The maximum atomic E-state index is 12.8. The Hall–Kier alpha value is -5.93. The fraction of sp³-hybridized carbons (Fsp3) is 0.321. The number of hydrogen-bond donors (Lipinski definition) is 1. The summed E-state index contributed by atoms with van der Waals surface area (Å²) in [7, 11) is 0. The second kappa shape index (κ2) is 22.8. The van der Waals surface area contributed by atoms with Crippen LogP contribution in [0.2, 0.25) is 0 Å². The minimum Gasteiger partial charge on any atom is -0.507 e. The number of ether oxygens (including phenoxy) is 3. The van der Waals surface area contributed by atoms with Crippen LogP contribution in [0.15, 0.2) is 127 Å². The third-order valence-electron chi connectivity index (χ3n) is 11.1. The number of pyridine rings is 2. The Morgan fingerprint density at radius 2 is 1.26 bits per heavy atom. The Labute approximate surface area is 371 Å². The van der Waals surface area contributed by atoms with Crippen molar-refractivity contribution in [2.24, 2.45) is 11.8 Å². The van der Waals surface area contributed by atoms with Crippen molar-refractivity contribution >= 4 is 23.3 Å². The molecule has 0 aliphatic heterocycles. The molecule has 2 aromatic heterocycles. The second-order valence-corrected chi connectivity index (χ2v) is 17.4. The molecule has 4 aromatic carbocycles. The first-order chi connectivity index (χ1) is 30.0. The van der Waals surface area contributed by atoms with E-state index in [9.17, 15) is 14.7 Å². The molecule has 0 unspecified atom stereocenters. The fourth-order valence-electron chi connectivity index (χ4n) is 7.52. The van der Waals surface area contributed by atoms with Gasteiger partial charge in [0.2, 0.25) is 5.88 Å². The number of carbonyl (C=O) groups is 2. The van der Waals surface area contributed by atoms with Gasteiger partial charge in [-0.15, -0.1) is 11.8 Å². The number of Topliss-reactive ketones (excluding diaryl/α,β-unsaturated/α-hetero) is 2. The average Bonchev–Trinajstić information content (AvgIpc) is 3.80. The zero-order valence-electron chi connectivity index (χ0n) is 36.6. The summed E-state index contributed by atoms with van der Waals surface area (Å²) in [6.07, 6.45) is 11.4. The molecule has 6 aromatic rings. The maximum Gasteiger partial charge on any atom is 0.213 e. The molecule has 1 aliphatic carbocycles. The van der Waals surface area contributed by atoms with E-state index >= 15 is 0 Å². The van der Waals surface area contributed by atoms with Crippen molar-refractivity contribution < 1.29 is 28.9 Å². The molecular weight excluding hydrogens is 793 g/mol. The van der Waals surface area contributed by atoms with E-state index in [0.29, 0.717) is 61.3 Å². The van der Waals surface area contributed by atoms with Crippen LogP contribution < -0.4 is 14.2 Å². The van der Waals surface area contributed by atoms with Crippen molar-refractivity contribution in [3.05, 3.63) is 172 Å². The number of phenolic OH excluding ortho intramolecular Hbond substituents is 1. The molecule has 1 aliphatic rings. The lowest BCUT2D eigenvalue weighted by Gasteiger charge is -2.15. The van der Waals surface area contributed by atoms with Gasteiger partial charge in [0.25, 0.3) is 0 Å². The van der Waals surface area contributed by atoms with Crippen molar-refractivity contribution in [3.63, 3.8) is 0 Å². The van der Waals surface area contributed by atoms with Gasteiger partial charge >= 0.3 is 0 Å². The number of aromatic hydroxyl groups is 1. The molecule has 62 heavy (non-hydrogen) atoms. The molecule has 7 rings (SSSR count). The highest BCUT2D eigenvalue weighted by molar-refractivity contribution is 7.98. The molecule has 0 spiro atoms. The lowest BCUT2D eigenvalue weighted by atomic mass is 9.92. The van der Waals surface area contributed by atoms with Crippen LogP contribution in [-0.4, -0.2) is 26.6 Å². The molecule has 2 heterocycles.